The van der Waals surface area contributed by atoms with Crippen LogP contribution in [0.1, 0.15) is 24.8 Å². The summed E-state index contributed by atoms with van der Waals surface area (Å²) in [5.74, 6) is 0.657. The highest BCUT2D eigenvalue weighted by atomic mass is 19.1. The first-order chi connectivity index (χ1) is 10.3. The van der Waals surface area contributed by atoms with Crippen molar-refractivity contribution in [2.75, 3.05) is 13.6 Å². The second kappa shape index (κ2) is 6.16. The van der Waals surface area contributed by atoms with E-state index in [-0.39, 0.29) is 5.82 Å². The van der Waals surface area contributed by atoms with Gasteiger partial charge in [0.15, 0.2) is 5.96 Å². The third-order valence-corrected chi connectivity index (χ3v) is 4.09. The molecule has 1 saturated carbocycles. The first kappa shape index (κ1) is 13.9. The molecule has 21 heavy (non-hydrogen) atoms. The number of benzene rings is 1. The van der Waals surface area contributed by atoms with E-state index < -0.39 is 0 Å². The van der Waals surface area contributed by atoms with Crippen molar-refractivity contribution in [2.24, 2.45) is 4.99 Å². The van der Waals surface area contributed by atoms with Crippen LogP contribution in [0.4, 0.5) is 4.39 Å². The van der Waals surface area contributed by atoms with Gasteiger partial charge in [0.1, 0.15) is 5.82 Å². The predicted octanol–water partition coefficient (Wildman–Crippen LogP) is 2.57. The van der Waals surface area contributed by atoms with Crippen molar-refractivity contribution in [1.82, 2.24) is 15.6 Å². The summed E-state index contributed by atoms with van der Waals surface area (Å²) in [5.41, 5.74) is 2.04. The Hall–Kier alpha value is -2.04. The topological polar surface area (TPSA) is 52.2 Å². The maximum absolute atomic E-state index is 13.2. The van der Waals surface area contributed by atoms with Crippen LogP contribution in [0, 0.1) is 5.82 Å². The van der Waals surface area contributed by atoms with Gasteiger partial charge in [-0.2, -0.15) is 0 Å². The molecule has 1 aromatic heterocycles. The molecule has 0 atom stereocenters. The van der Waals surface area contributed by atoms with Crippen molar-refractivity contribution >= 4 is 16.9 Å². The minimum Gasteiger partial charge on any atom is -0.361 e. The Kier molecular flexibility index (Phi) is 4.08. The lowest BCUT2D eigenvalue weighted by Crippen LogP contribution is -2.46. The van der Waals surface area contributed by atoms with Gasteiger partial charge in [0.25, 0.3) is 0 Å². The van der Waals surface area contributed by atoms with Gasteiger partial charge in [-0.3, -0.25) is 4.99 Å². The second-order valence-electron chi connectivity index (χ2n) is 5.52. The first-order valence-electron chi connectivity index (χ1n) is 7.49. The van der Waals surface area contributed by atoms with E-state index in [2.05, 4.69) is 20.6 Å². The Labute approximate surface area is 123 Å². The van der Waals surface area contributed by atoms with Crippen LogP contribution in [0.15, 0.2) is 29.4 Å². The molecule has 0 amide bonds. The first-order valence-corrected chi connectivity index (χ1v) is 7.49. The molecule has 1 aliphatic rings. The Morgan fingerprint density at radius 3 is 3.00 bits per heavy atom. The zero-order chi connectivity index (χ0) is 14.7. The maximum atomic E-state index is 13.2. The Morgan fingerprint density at radius 2 is 2.29 bits per heavy atom. The predicted molar refractivity (Wildman–Crippen MR) is 84.1 cm³/mol. The fourth-order valence-electron chi connectivity index (χ4n) is 2.62. The quantitative estimate of drug-likeness (QED) is 0.598. The van der Waals surface area contributed by atoms with Gasteiger partial charge in [-0.15, -0.1) is 0 Å². The number of H-pyrrole nitrogens is 1. The molecule has 4 nitrogen and oxygen atoms in total. The number of nitrogens with zero attached hydrogens (tertiary/aromatic N) is 1. The highest BCUT2D eigenvalue weighted by Crippen LogP contribution is 2.19. The maximum Gasteiger partial charge on any atom is 0.191 e. The van der Waals surface area contributed by atoms with Gasteiger partial charge in [-0.05, 0) is 49.4 Å². The highest BCUT2D eigenvalue weighted by molar-refractivity contribution is 5.83. The Morgan fingerprint density at radius 1 is 1.43 bits per heavy atom. The summed E-state index contributed by atoms with van der Waals surface area (Å²) in [4.78, 5) is 7.36. The molecule has 2 aromatic rings. The van der Waals surface area contributed by atoms with Crippen molar-refractivity contribution in [3.63, 3.8) is 0 Å². The molecule has 0 radical (unpaired) electrons. The van der Waals surface area contributed by atoms with E-state index >= 15 is 0 Å². The summed E-state index contributed by atoms with van der Waals surface area (Å²) in [6.07, 6.45) is 6.59. The van der Waals surface area contributed by atoms with Crippen LogP contribution < -0.4 is 10.6 Å². The summed E-state index contributed by atoms with van der Waals surface area (Å²) < 4.78 is 13.2. The fraction of sp³-hybridized carbons (Fsp3) is 0.438. The van der Waals surface area contributed by atoms with E-state index in [1.807, 2.05) is 12.3 Å². The molecule has 1 fully saturated rings. The summed E-state index contributed by atoms with van der Waals surface area (Å²) in [6, 6.07) is 5.44. The standard InChI is InChI=1S/C16H21FN4/c1-18-16(21-13-3-2-4-13)19-8-7-11-10-20-15-9-12(17)5-6-14(11)15/h5-6,9-10,13,20H,2-4,7-8H2,1H3,(H2,18,19,21). The monoisotopic (exact) mass is 288 g/mol. The van der Waals surface area contributed by atoms with E-state index in [9.17, 15) is 4.39 Å². The van der Waals surface area contributed by atoms with Crippen LogP contribution in [0.5, 0.6) is 0 Å². The van der Waals surface area contributed by atoms with Crippen LogP contribution >= 0.6 is 0 Å². The molecule has 0 bridgehead atoms. The number of fused-ring (bicyclic) bond motifs is 1. The van der Waals surface area contributed by atoms with Gasteiger partial charge in [0.2, 0.25) is 0 Å². The Balaban J connectivity index is 1.56. The molecule has 3 rings (SSSR count). The van der Waals surface area contributed by atoms with Crippen molar-refractivity contribution in [3.8, 4) is 0 Å². The summed E-state index contributed by atoms with van der Waals surface area (Å²) in [7, 11) is 1.79. The van der Waals surface area contributed by atoms with E-state index in [0.717, 1.165) is 29.8 Å². The number of aromatic nitrogens is 1. The van der Waals surface area contributed by atoms with Crippen molar-refractivity contribution in [3.05, 3.63) is 35.8 Å². The smallest absolute Gasteiger partial charge is 0.191 e. The molecule has 5 heteroatoms. The molecule has 3 N–H and O–H groups in total. The van der Waals surface area contributed by atoms with Gasteiger partial charge in [0.05, 0.1) is 0 Å². The number of hydrogen-bond acceptors (Lipinski definition) is 1. The molecular weight excluding hydrogens is 267 g/mol. The number of rotatable bonds is 4. The van der Waals surface area contributed by atoms with Crippen molar-refractivity contribution < 1.29 is 4.39 Å². The number of hydrogen-bond donors (Lipinski definition) is 3. The summed E-state index contributed by atoms with van der Waals surface area (Å²) >= 11 is 0. The van der Waals surface area contributed by atoms with E-state index in [1.54, 1.807) is 7.05 Å². The lowest BCUT2D eigenvalue weighted by atomic mass is 9.93. The molecule has 112 valence electrons. The minimum absolute atomic E-state index is 0.209. The SMILES string of the molecule is CN=C(NCCc1c[nH]c2cc(F)ccc12)NC1CCC1. The third-order valence-electron chi connectivity index (χ3n) is 4.09. The number of aromatic amines is 1. The van der Waals surface area contributed by atoms with Crippen LogP contribution in [0.3, 0.4) is 0 Å². The van der Waals surface area contributed by atoms with Crippen LogP contribution in [-0.4, -0.2) is 30.6 Å². The molecule has 0 spiro atoms. The zero-order valence-electron chi connectivity index (χ0n) is 12.2. The van der Waals surface area contributed by atoms with Gasteiger partial charge in [0, 0.05) is 36.7 Å². The van der Waals surface area contributed by atoms with Gasteiger partial charge in [-0.1, -0.05) is 0 Å². The van der Waals surface area contributed by atoms with Gasteiger partial charge >= 0.3 is 0 Å². The lowest BCUT2D eigenvalue weighted by molar-refractivity contribution is 0.380. The summed E-state index contributed by atoms with van der Waals surface area (Å²) in [6.45, 7) is 0.802. The number of aliphatic imine (C=N–C) groups is 1. The van der Waals surface area contributed by atoms with Crippen molar-refractivity contribution in [2.45, 2.75) is 31.7 Å². The second-order valence-corrected chi connectivity index (χ2v) is 5.52. The van der Waals surface area contributed by atoms with E-state index in [1.165, 1.54) is 37.0 Å². The number of guanidine groups is 1. The molecule has 0 aliphatic heterocycles. The molecular formula is C16H21FN4. The Bertz CT molecular complexity index is 643. The van der Waals surface area contributed by atoms with E-state index in [0.29, 0.717) is 6.04 Å². The fourth-order valence-corrected chi connectivity index (χ4v) is 2.62. The molecule has 1 aliphatic carbocycles. The molecule has 1 heterocycles. The summed E-state index contributed by atoms with van der Waals surface area (Å²) in [5, 5.41) is 7.83. The average molecular weight is 288 g/mol. The van der Waals surface area contributed by atoms with Crippen LogP contribution in [-0.2, 0) is 6.42 Å². The van der Waals surface area contributed by atoms with Gasteiger partial charge < -0.3 is 15.6 Å². The normalized spacial score (nSPS) is 16.0. The van der Waals surface area contributed by atoms with E-state index in [4.69, 9.17) is 0 Å². The highest BCUT2D eigenvalue weighted by Gasteiger charge is 2.18. The third kappa shape index (κ3) is 3.17. The molecule has 0 unspecified atom stereocenters. The lowest BCUT2D eigenvalue weighted by Gasteiger charge is -2.28. The largest absolute Gasteiger partial charge is 0.361 e. The van der Waals surface area contributed by atoms with Crippen molar-refractivity contribution in [1.29, 1.82) is 0 Å². The molecule has 1 aromatic carbocycles. The van der Waals surface area contributed by atoms with Gasteiger partial charge in [-0.25, -0.2) is 4.39 Å². The van der Waals surface area contributed by atoms with Crippen LogP contribution in [0.25, 0.3) is 10.9 Å². The van der Waals surface area contributed by atoms with Crippen LogP contribution in [0.2, 0.25) is 0 Å². The zero-order valence-corrected chi connectivity index (χ0v) is 12.2. The molecule has 0 saturated heterocycles. The number of nitrogens with one attached hydrogen (secondary N) is 3. The minimum atomic E-state index is -0.209. The number of halogens is 1. The average Bonchev–Trinajstić information content (AvgIpc) is 2.83.